The Morgan fingerprint density at radius 2 is 2.33 bits per heavy atom. The fourth-order valence-electron chi connectivity index (χ4n) is 1.11. The Morgan fingerprint density at radius 3 is 3.00 bits per heavy atom. The smallest absolute Gasteiger partial charge is 0.264 e. The molecule has 0 fully saturated rings. The minimum atomic E-state index is -0.0728. The van der Waals surface area contributed by atoms with Gasteiger partial charge in [0.2, 0.25) is 0 Å². The Balaban J connectivity index is 2.40. The number of alkyl halides is 1. The van der Waals surface area contributed by atoms with Crippen molar-refractivity contribution < 1.29 is 4.79 Å². The lowest BCUT2D eigenvalue weighted by Crippen LogP contribution is -2.24. The number of amides is 1. The Labute approximate surface area is 98.2 Å². The summed E-state index contributed by atoms with van der Waals surface area (Å²) in [6.07, 6.45) is 2.56. The lowest BCUT2D eigenvalue weighted by atomic mass is 10.3. The summed E-state index contributed by atoms with van der Waals surface area (Å²) in [5, 5.41) is 6.71. The molecule has 0 radical (unpaired) electrons. The summed E-state index contributed by atoms with van der Waals surface area (Å²) >= 11 is 6.68. The molecule has 1 rings (SSSR count). The molecule has 1 N–H and O–H groups in total. The number of carbonyl (C=O) groups is 1. The molecule has 6 heteroatoms. The second kappa shape index (κ2) is 6.74. The minimum absolute atomic E-state index is 0.0728. The van der Waals surface area contributed by atoms with Crippen LogP contribution in [0.25, 0.3) is 0 Å². The van der Waals surface area contributed by atoms with Gasteiger partial charge in [0, 0.05) is 12.4 Å². The van der Waals surface area contributed by atoms with Crippen molar-refractivity contribution in [2.75, 3.05) is 12.4 Å². The predicted molar refractivity (Wildman–Crippen MR) is 61.6 cm³/mol. The molecule has 0 aromatic carbocycles. The number of nitrogens with one attached hydrogen (secondary N) is 1. The van der Waals surface area contributed by atoms with E-state index < -0.39 is 0 Å². The topological polar surface area (TPSA) is 54.9 Å². The lowest BCUT2D eigenvalue weighted by molar-refractivity contribution is 0.0956. The van der Waals surface area contributed by atoms with E-state index in [9.17, 15) is 4.79 Å². The quantitative estimate of drug-likeness (QED) is 0.617. The molecule has 0 atom stereocenters. The largest absolute Gasteiger partial charge is 0.351 e. The number of carbonyl (C=O) groups excluding carboxylic acids is 1. The van der Waals surface area contributed by atoms with Crippen molar-refractivity contribution in [1.82, 2.24) is 14.9 Å². The van der Waals surface area contributed by atoms with Gasteiger partial charge in [-0.05, 0) is 30.8 Å². The fourth-order valence-corrected chi connectivity index (χ4v) is 1.97. The number of hydrogen-bond acceptors (Lipinski definition) is 4. The first-order chi connectivity index (χ1) is 7.29. The summed E-state index contributed by atoms with van der Waals surface area (Å²) in [7, 11) is 0. The maximum atomic E-state index is 11.6. The molecule has 84 valence electrons. The van der Waals surface area contributed by atoms with E-state index in [0.29, 0.717) is 17.3 Å². The van der Waals surface area contributed by atoms with Crippen LogP contribution in [0.4, 0.5) is 0 Å². The molecule has 0 spiro atoms. The van der Waals surface area contributed by atoms with E-state index in [1.165, 1.54) is 0 Å². The van der Waals surface area contributed by atoms with Crippen molar-refractivity contribution in [3.8, 4) is 0 Å². The van der Waals surface area contributed by atoms with E-state index in [1.807, 2.05) is 6.92 Å². The Bertz CT molecular complexity index is 316. The number of halogens is 1. The van der Waals surface area contributed by atoms with E-state index >= 15 is 0 Å². The highest BCUT2D eigenvalue weighted by Gasteiger charge is 2.13. The molecule has 0 aliphatic heterocycles. The number of aromatic nitrogens is 2. The molecule has 4 nitrogen and oxygen atoms in total. The summed E-state index contributed by atoms with van der Waals surface area (Å²) in [6.45, 7) is 2.62. The van der Waals surface area contributed by atoms with Crippen molar-refractivity contribution in [3.63, 3.8) is 0 Å². The first kappa shape index (κ1) is 12.4. The van der Waals surface area contributed by atoms with Crippen molar-refractivity contribution in [2.24, 2.45) is 0 Å². The van der Waals surface area contributed by atoms with Gasteiger partial charge < -0.3 is 5.32 Å². The molecule has 0 saturated carbocycles. The SMILES string of the molecule is CCc1nnsc1C(=O)NCCCCCl. The highest BCUT2D eigenvalue weighted by atomic mass is 35.5. The van der Waals surface area contributed by atoms with Gasteiger partial charge in [0.1, 0.15) is 4.88 Å². The van der Waals surface area contributed by atoms with Crippen LogP contribution in [0.5, 0.6) is 0 Å². The molecule has 1 aromatic rings. The van der Waals surface area contributed by atoms with Crippen LogP contribution in [0.15, 0.2) is 0 Å². The van der Waals surface area contributed by atoms with Crippen LogP contribution in [0, 0.1) is 0 Å². The first-order valence-corrected chi connectivity index (χ1v) is 6.25. The second-order valence-electron chi connectivity index (χ2n) is 3.05. The standard InChI is InChI=1S/C9H14ClN3OS/c1-2-7-8(15-13-12-7)9(14)11-6-4-3-5-10/h2-6H2,1H3,(H,11,14). The van der Waals surface area contributed by atoms with Crippen molar-refractivity contribution in [2.45, 2.75) is 26.2 Å². The zero-order valence-electron chi connectivity index (χ0n) is 8.62. The highest BCUT2D eigenvalue weighted by molar-refractivity contribution is 7.08. The number of rotatable bonds is 6. The molecule has 0 unspecified atom stereocenters. The molecular weight excluding hydrogens is 234 g/mol. The number of aryl methyl sites for hydroxylation is 1. The van der Waals surface area contributed by atoms with Gasteiger partial charge in [-0.25, -0.2) is 0 Å². The molecule has 0 bridgehead atoms. The molecule has 1 aromatic heterocycles. The van der Waals surface area contributed by atoms with E-state index in [1.54, 1.807) is 0 Å². The van der Waals surface area contributed by atoms with Gasteiger partial charge in [0.15, 0.2) is 0 Å². The van der Waals surface area contributed by atoms with Crippen LogP contribution in [0.2, 0.25) is 0 Å². The Hall–Kier alpha value is -0.680. The third kappa shape index (κ3) is 3.76. The van der Waals surface area contributed by atoms with Crippen molar-refractivity contribution in [3.05, 3.63) is 10.6 Å². The van der Waals surface area contributed by atoms with Gasteiger partial charge in [-0.3, -0.25) is 4.79 Å². The third-order valence-electron chi connectivity index (χ3n) is 1.94. The molecule has 15 heavy (non-hydrogen) atoms. The van der Waals surface area contributed by atoms with Gasteiger partial charge in [-0.15, -0.1) is 16.7 Å². The maximum Gasteiger partial charge on any atom is 0.264 e. The summed E-state index contributed by atoms with van der Waals surface area (Å²) in [4.78, 5) is 12.3. The van der Waals surface area contributed by atoms with Gasteiger partial charge in [0.25, 0.3) is 5.91 Å². The van der Waals surface area contributed by atoms with Crippen LogP contribution >= 0.6 is 23.1 Å². The number of hydrogen-bond donors (Lipinski definition) is 1. The predicted octanol–water partition coefficient (Wildman–Crippen LogP) is 1.85. The minimum Gasteiger partial charge on any atom is -0.351 e. The van der Waals surface area contributed by atoms with Gasteiger partial charge >= 0.3 is 0 Å². The zero-order valence-corrected chi connectivity index (χ0v) is 10.2. The number of nitrogens with zero attached hydrogens (tertiary/aromatic N) is 2. The van der Waals surface area contributed by atoms with E-state index in [2.05, 4.69) is 14.9 Å². The van der Waals surface area contributed by atoms with Crippen LogP contribution < -0.4 is 5.32 Å². The van der Waals surface area contributed by atoms with E-state index in [4.69, 9.17) is 11.6 Å². The van der Waals surface area contributed by atoms with Gasteiger partial charge in [-0.2, -0.15) is 0 Å². The zero-order chi connectivity index (χ0) is 11.1. The molecule has 0 saturated heterocycles. The lowest BCUT2D eigenvalue weighted by Gasteiger charge is -2.02. The van der Waals surface area contributed by atoms with Gasteiger partial charge in [0.05, 0.1) is 5.69 Å². The summed E-state index contributed by atoms with van der Waals surface area (Å²) in [5.41, 5.74) is 0.773. The molecular formula is C9H14ClN3OS. The summed E-state index contributed by atoms with van der Waals surface area (Å²) in [6, 6.07) is 0. The molecule has 1 heterocycles. The number of unbranched alkanes of at least 4 members (excludes halogenated alkanes) is 1. The van der Waals surface area contributed by atoms with Crippen LogP contribution in [0.1, 0.15) is 35.1 Å². The maximum absolute atomic E-state index is 11.6. The monoisotopic (exact) mass is 247 g/mol. The van der Waals surface area contributed by atoms with E-state index in [-0.39, 0.29) is 5.91 Å². The molecule has 1 amide bonds. The van der Waals surface area contributed by atoms with Crippen molar-refractivity contribution in [1.29, 1.82) is 0 Å². The van der Waals surface area contributed by atoms with Crippen LogP contribution in [0.3, 0.4) is 0 Å². The summed E-state index contributed by atoms with van der Waals surface area (Å²) < 4.78 is 3.77. The molecule has 0 aliphatic rings. The van der Waals surface area contributed by atoms with Crippen LogP contribution in [-0.4, -0.2) is 27.9 Å². The summed E-state index contributed by atoms with van der Waals surface area (Å²) in [5.74, 6) is 0.564. The highest BCUT2D eigenvalue weighted by Crippen LogP contribution is 2.10. The van der Waals surface area contributed by atoms with E-state index in [0.717, 1.165) is 36.5 Å². The third-order valence-corrected chi connectivity index (χ3v) is 2.98. The second-order valence-corrected chi connectivity index (χ2v) is 4.19. The normalized spacial score (nSPS) is 10.3. The average Bonchev–Trinajstić information content (AvgIpc) is 2.72. The first-order valence-electron chi connectivity index (χ1n) is 4.95. The fraction of sp³-hybridized carbons (Fsp3) is 0.667. The van der Waals surface area contributed by atoms with Crippen LogP contribution in [-0.2, 0) is 6.42 Å². The average molecular weight is 248 g/mol. The van der Waals surface area contributed by atoms with Crippen molar-refractivity contribution >= 4 is 29.0 Å². The Kier molecular flexibility index (Phi) is 5.57. The molecule has 0 aliphatic carbocycles. The van der Waals surface area contributed by atoms with Gasteiger partial charge in [-0.1, -0.05) is 11.4 Å². The Morgan fingerprint density at radius 1 is 1.53 bits per heavy atom.